The first-order valence-electron chi connectivity index (χ1n) is 7.00. The molecule has 1 aromatic heterocycles. The molecule has 2 aromatic rings. The van der Waals surface area contributed by atoms with Gasteiger partial charge in [-0.05, 0) is 44.5 Å². The molecule has 1 aromatic carbocycles. The number of ether oxygens (including phenoxy) is 2. The first kappa shape index (κ1) is 13.0. The summed E-state index contributed by atoms with van der Waals surface area (Å²) in [5.74, 6) is -0.543. The first-order valence-corrected chi connectivity index (χ1v) is 7.00. The summed E-state index contributed by atoms with van der Waals surface area (Å²) in [5, 5.41) is 20.7. The molecule has 0 bridgehead atoms. The molecule has 5 heteroatoms. The van der Waals surface area contributed by atoms with Gasteiger partial charge in [0, 0.05) is 10.9 Å². The van der Waals surface area contributed by atoms with Crippen LogP contribution in [0.2, 0.25) is 0 Å². The van der Waals surface area contributed by atoms with E-state index in [1.54, 1.807) is 0 Å². The maximum Gasteiger partial charge on any atom is 0.238 e. The van der Waals surface area contributed by atoms with E-state index in [-0.39, 0.29) is 12.7 Å². The quantitative estimate of drug-likeness (QED) is 0.784. The zero-order valence-corrected chi connectivity index (χ0v) is 12.2. The highest BCUT2D eigenvalue weighted by molar-refractivity contribution is 5.85. The Kier molecular flexibility index (Phi) is 2.32. The summed E-state index contributed by atoms with van der Waals surface area (Å²) < 4.78 is 11.4. The molecule has 2 unspecified atom stereocenters. The third-order valence-corrected chi connectivity index (χ3v) is 4.47. The SMILES string of the molecule is Cc1cc(CO)nc2cc3c(cc12)OC(C)(C)C1(O)OC31. The second-order valence-corrected chi connectivity index (χ2v) is 6.30. The van der Waals surface area contributed by atoms with Gasteiger partial charge in [0.25, 0.3) is 0 Å². The van der Waals surface area contributed by atoms with Crippen molar-refractivity contribution in [2.45, 2.75) is 44.9 Å². The Hall–Kier alpha value is -1.69. The smallest absolute Gasteiger partial charge is 0.238 e. The number of benzene rings is 1. The summed E-state index contributed by atoms with van der Waals surface area (Å²) in [5.41, 5.74) is 2.46. The van der Waals surface area contributed by atoms with Crippen LogP contribution in [-0.4, -0.2) is 26.6 Å². The Balaban J connectivity index is 1.95. The summed E-state index contributed by atoms with van der Waals surface area (Å²) in [6.07, 6.45) is -0.375. The van der Waals surface area contributed by atoms with Gasteiger partial charge in [-0.3, -0.25) is 4.98 Å². The summed E-state index contributed by atoms with van der Waals surface area (Å²) >= 11 is 0. The van der Waals surface area contributed by atoms with Gasteiger partial charge >= 0.3 is 0 Å². The zero-order chi connectivity index (χ0) is 15.0. The van der Waals surface area contributed by atoms with Gasteiger partial charge in [0.05, 0.1) is 17.8 Å². The molecule has 1 saturated heterocycles. The molecular formula is C16H17NO4. The van der Waals surface area contributed by atoms with Gasteiger partial charge in [0.1, 0.15) is 11.9 Å². The number of pyridine rings is 1. The fraction of sp³-hybridized carbons (Fsp3) is 0.438. The fourth-order valence-corrected chi connectivity index (χ4v) is 3.11. The molecular weight excluding hydrogens is 270 g/mol. The molecule has 0 spiro atoms. The number of hydrogen-bond acceptors (Lipinski definition) is 5. The maximum atomic E-state index is 10.4. The van der Waals surface area contributed by atoms with Gasteiger partial charge < -0.3 is 19.7 Å². The van der Waals surface area contributed by atoms with Crippen molar-refractivity contribution >= 4 is 10.9 Å². The number of hydrogen-bond donors (Lipinski definition) is 2. The second kappa shape index (κ2) is 3.74. The lowest BCUT2D eigenvalue weighted by atomic mass is 9.90. The van der Waals surface area contributed by atoms with Gasteiger partial charge in [-0.2, -0.15) is 0 Å². The summed E-state index contributed by atoms with van der Waals surface area (Å²) in [7, 11) is 0. The number of rotatable bonds is 1. The number of aliphatic hydroxyl groups excluding tert-OH is 1. The largest absolute Gasteiger partial charge is 0.482 e. The average molecular weight is 287 g/mol. The van der Waals surface area contributed by atoms with E-state index < -0.39 is 11.4 Å². The van der Waals surface area contributed by atoms with Crippen molar-refractivity contribution in [2.75, 3.05) is 0 Å². The van der Waals surface area contributed by atoms with E-state index in [2.05, 4.69) is 4.98 Å². The van der Waals surface area contributed by atoms with Crippen LogP contribution in [0.15, 0.2) is 18.2 Å². The van der Waals surface area contributed by atoms with E-state index >= 15 is 0 Å². The average Bonchev–Trinajstić information content (AvgIpc) is 3.12. The molecule has 0 amide bonds. The number of fused-ring (bicyclic) bond motifs is 4. The lowest BCUT2D eigenvalue weighted by molar-refractivity contribution is -0.113. The van der Waals surface area contributed by atoms with Crippen LogP contribution in [0.4, 0.5) is 0 Å². The molecule has 3 heterocycles. The van der Waals surface area contributed by atoms with Crippen LogP contribution >= 0.6 is 0 Å². The Morgan fingerprint density at radius 1 is 1.29 bits per heavy atom. The Morgan fingerprint density at radius 2 is 2.05 bits per heavy atom. The van der Waals surface area contributed by atoms with Crippen LogP contribution in [0.3, 0.4) is 0 Å². The topological polar surface area (TPSA) is 75.1 Å². The molecule has 4 rings (SSSR count). The molecule has 2 N–H and O–H groups in total. The molecule has 0 saturated carbocycles. The maximum absolute atomic E-state index is 10.4. The highest BCUT2D eigenvalue weighted by Crippen LogP contribution is 2.61. The van der Waals surface area contributed by atoms with Gasteiger partial charge in [-0.25, -0.2) is 0 Å². The van der Waals surface area contributed by atoms with Crippen LogP contribution < -0.4 is 4.74 Å². The van der Waals surface area contributed by atoms with Gasteiger partial charge in [0.2, 0.25) is 5.79 Å². The van der Waals surface area contributed by atoms with Crippen molar-refractivity contribution in [1.29, 1.82) is 0 Å². The Labute approximate surface area is 122 Å². The minimum absolute atomic E-state index is 0.0960. The van der Waals surface area contributed by atoms with Crippen molar-refractivity contribution in [3.8, 4) is 5.75 Å². The van der Waals surface area contributed by atoms with Crippen LogP contribution in [0.1, 0.15) is 36.8 Å². The van der Waals surface area contributed by atoms with Crippen LogP contribution in [0.25, 0.3) is 10.9 Å². The van der Waals surface area contributed by atoms with Crippen LogP contribution in [0.5, 0.6) is 5.75 Å². The monoisotopic (exact) mass is 287 g/mol. The molecule has 5 nitrogen and oxygen atoms in total. The highest BCUT2D eigenvalue weighted by Gasteiger charge is 2.70. The summed E-state index contributed by atoms with van der Waals surface area (Å²) in [6.45, 7) is 5.52. The van der Waals surface area contributed by atoms with Crippen molar-refractivity contribution in [1.82, 2.24) is 4.98 Å². The third-order valence-electron chi connectivity index (χ3n) is 4.47. The lowest BCUT2D eigenvalue weighted by Gasteiger charge is -2.34. The van der Waals surface area contributed by atoms with Crippen molar-refractivity contribution in [3.63, 3.8) is 0 Å². The van der Waals surface area contributed by atoms with Crippen molar-refractivity contribution in [3.05, 3.63) is 35.0 Å². The third kappa shape index (κ3) is 1.59. The Morgan fingerprint density at radius 3 is 2.76 bits per heavy atom. The van der Waals surface area contributed by atoms with E-state index in [0.717, 1.165) is 27.8 Å². The van der Waals surface area contributed by atoms with Crippen molar-refractivity contribution in [2.24, 2.45) is 0 Å². The Bertz CT molecular complexity index is 770. The number of epoxide rings is 1. The predicted octanol–water partition coefficient (Wildman–Crippen LogP) is 1.97. The van der Waals surface area contributed by atoms with E-state index in [1.807, 2.05) is 39.0 Å². The number of aliphatic hydroxyl groups is 2. The van der Waals surface area contributed by atoms with E-state index in [1.165, 1.54) is 0 Å². The predicted molar refractivity (Wildman–Crippen MR) is 75.9 cm³/mol. The lowest BCUT2D eigenvalue weighted by Crippen LogP contribution is -2.47. The number of aryl methyl sites for hydroxylation is 1. The van der Waals surface area contributed by atoms with Gasteiger partial charge in [-0.15, -0.1) is 0 Å². The zero-order valence-electron chi connectivity index (χ0n) is 12.2. The molecule has 0 radical (unpaired) electrons. The summed E-state index contributed by atoms with van der Waals surface area (Å²) in [4.78, 5) is 4.43. The van der Waals surface area contributed by atoms with Gasteiger partial charge in [-0.1, -0.05) is 0 Å². The minimum Gasteiger partial charge on any atom is -0.482 e. The van der Waals surface area contributed by atoms with E-state index in [4.69, 9.17) is 9.47 Å². The number of nitrogens with zero attached hydrogens (tertiary/aromatic N) is 1. The molecule has 2 aliphatic heterocycles. The normalized spacial score (nSPS) is 28.7. The molecule has 110 valence electrons. The molecule has 2 atom stereocenters. The first-order chi connectivity index (χ1) is 9.85. The molecule has 0 aliphatic carbocycles. The van der Waals surface area contributed by atoms with Crippen LogP contribution in [-0.2, 0) is 11.3 Å². The second-order valence-electron chi connectivity index (χ2n) is 6.30. The number of aromatic nitrogens is 1. The van der Waals surface area contributed by atoms with Crippen molar-refractivity contribution < 1.29 is 19.7 Å². The van der Waals surface area contributed by atoms with Crippen LogP contribution in [0, 0.1) is 6.92 Å². The molecule has 21 heavy (non-hydrogen) atoms. The molecule has 2 aliphatic rings. The fourth-order valence-electron chi connectivity index (χ4n) is 3.11. The standard InChI is InChI=1S/C16H17NO4/c1-8-4-9(7-18)17-12-5-11-13(6-10(8)12)20-15(2,3)16(19)14(11)21-16/h4-6,14,18-19H,7H2,1-3H3. The molecule has 1 fully saturated rings. The highest BCUT2D eigenvalue weighted by atomic mass is 16.8. The van der Waals surface area contributed by atoms with Gasteiger partial charge in [0.15, 0.2) is 5.60 Å². The minimum atomic E-state index is -1.27. The summed E-state index contributed by atoms with van der Waals surface area (Å²) in [6, 6.07) is 5.69. The van der Waals surface area contributed by atoms with E-state index in [0.29, 0.717) is 5.69 Å². The van der Waals surface area contributed by atoms with E-state index in [9.17, 15) is 10.2 Å².